The number of carbonyl (C=O) groups is 1. The van der Waals surface area contributed by atoms with E-state index in [4.69, 9.17) is 0 Å². The lowest BCUT2D eigenvalue weighted by Gasteiger charge is -2.11. The summed E-state index contributed by atoms with van der Waals surface area (Å²) in [7, 11) is 2.47. The second-order valence-corrected chi connectivity index (χ2v) is 2.84. The van der Waals surface area contributed by atoms with Crippen LogP contribution in [0.1, 0.15) is 22.2 Å². The van der Waals surface area contributed by atoms with Gasteiger partial charge in [-0.3, -0.25) is 4.68 Å². The number of aliphatic hydroxyl groups is 1. The highest BCUT2D eigenvalue weighted by atomic mass is 19.3. The minimum absolute atomic E-state index is 0.159. The summed E-state index contributed by atoms with van der Waals surface area (Å²) in [5.41, 5.74) is -0.412. The van der Waals surface area contributed by atoms with E-state index in [1.165, 1.54) is 7.05 Å². The lowest BCUT2D eigenvalue weighted by molar-refractivity contribution is -0.0110. The van der Waals surface area contributed by atoms with E-state index in [0.29, 0.717) is 0 Å². The lowest BCUT2D eigenvalue weighted by Crippen LogP contribution is -2.16. The largest absolute Gasteiger partial charge is 0.465 e. The highest BCUT2D eigenvalue weighted by Crippen LogP contribution is 2.23. The number of aromatic nitrogens is 2. The summed E-state index contributed by atoms with van der Waals surface area (Å²) in [5, 5.41) is 12.8. The van der Waals surface area contributed by atoms with Gasteiger partial charge in [0.1, 0.15) is 5.56 Å². The van der Waals surface area contributed by atoms with E-state index in [9.17, 15) is 18.7 Å². The van der Waals surface area contributed by atoms with Crippen LogP contribution >= 0.6 is 0 Å². The first kappa shape index (κ1) is 11.6. The van der Waals surface area contributed by atoms with Gasteiger partial charge in [0, 0.05) is 7.05 Å². The maximum absolute atomic E-state index is 12.3. The van der Waals surface area contributed by atoms with Crippen molar-refractivity contribution < 1.29 is 23.4 Å². The standard InChI is InChI=1S/C8H10F2N2O3/c1-12-5(6(13)7(9)10)4(3-11-12)8(14)15-2/h3,6-7,13H,1-2H3. The smallest absolute Gasteiger partial charge is 0.341 e. The third-order valence-corrected chi connectivity index (χ3v) is 1.91. The molecule has 0 bridgehead atoms. The monoisotopic (exact) mass is 220 g/mol. The second-order valence-electron chi connectivity index (χ2n) is 2.84. The Morgan fingerprint density at radius 2 is 2.27 bits per heavy atom. The number of nitrogens with zero attached hydrogens (tertiary/aromatic N) is 2. The molecule has 7 heteroatoms. The molecule has 1 rings (SSSR count). The molecule has 5 nitrogen and oxygen atoms in total. The topological polar surface area (TPSA) is 64.3 Å². The van der Waals surface area contributed by atoms with Crippen molar-refractivity contribution in [2.24, 2.45) is 7.05 Å². The highest BCUT2D eigenvalue weighted by molar-refractivity contribution is 5.90. The second kappa shape index (κ2) is 4.35. The maximum atomic E-state index is 12.3. The number of halogens is 2. The predicted molar refractivity (Wildman–Crippen MR) is 45.5 cm³/mol. The molecule has 0 saturated heterocycles. The summed E-state index contributed by atoms with van der Waals surface area (Å²) in [6.07, 6.45) is -3.96. The summed E-state index contributed by atoms with van der Waals surface area (Å²) in [6.45, 7) is 0. The van der Waals surface area contributed by atoms with Gasteiger partial charge in [0.15, 0.2) is 6.10 Å². The molecule has 0 amide bonds. The fourth-order valence-electron chi connectivity index (χ4n) is 1.18. The van der Waals surface area contributed by atoms with E-state index in [1.807, 2.05) is 0 Å². The maximum Gasteiger partial charge on any atom is 0.341 e. The molecule has 0 radical (unpaired) electrons. The van der Waals surface area contributed by atoms with Gasteiger partial charge < -0.3 is 9.84 Å². The van der Waals surface area contributed by atoms with Crippen LogP contribution in [-0.2, 0) is 11.8 Å². The van der Waals surface area contributed by atoms with Crippen molar-refractivity contribution in [3.05, 3.63) is 17.5 Å². The van der Waals surface area contributed by atoms with Crippen LogP contribution in [0.5, 0.6) is 0 Å². The molecule has 0 fully saturated rings. The number of hydrogen-bond donors (Lipinski definition) is 1. The molecule has 0 aliphatic heterocycles. The average Bonchev–Trinajstić information content (AvgIpc) is 2.57. The fourth-order valence-corrected chi connectivity index (χ4v) is 1.18. The van der Waals surface area contributed by atoms with Crippen LogP contribution in [0.4, 0.5) is 8.78 Å². The van der Waals surface area contributed by atoms with Crippen molar-refractivity contribution in [1.29, 1.82) is 0 Å². The van der Waals surface area contributed by atoms with Crippen LogP contribution in [-0.4, -0.2) is 34.4 Å². The Hall–Kier alpha value is -1.50. The molecule has 1 atom stereocenters. The van der Waals surface area contributed by atoms with Crippen LogP contribution in [0.25, 0.3) is 0 Å². The van der Waals surface area contributed by atoms with Crippen molar-refractivity contribution >= 4 is 5.97 Å². The molecule has 0 spiro atoms. The summed E-state index contributed by atoms with van der Waals surface area (Å²) in [4.78, 5) is 11.1. The molecule has 1 aromatic heterocycles. The lowest BCUT2D eigenvalue weighted by atomic mass is 10.1. The van der Waals surface area contributed by atoms with Gasteiger partial charge in [-0.1, -0.05) is 0 Å². The van der Waals surface area contributed by atoms with Gasteiger partial charge in [0.05, 0.1) is 19.0 Å². The van der Waals surface area contributed by atoms with E-state index in [-0.39, 0.29) is 11.3 Å². The molecule has 84 valence electrons. The summed E-state index contributed by atoms with van der Waals surface area (Å²) >= 11 is 0. The normalized spacial score (nSPS) is 12.9. The van der Waals surface area contributed by atoms with Gasteiger partial charge in [0.25, 0.3) is 6.43 Å². The molecular weight excluding hydrogens is 210 g/mol. The Morgan fingerprint density at radius 3 is 2.73 bits per heavy atom. The molecule has 0 aliphatic carbocycles. The number of carbonyl (C=O) groups excluding carboxylic acids is 1. The number of aliphatic hydroxyl groups excluding tert-OH is 1. The fraction of sp³-hybridized carbons (Fsp3) is 0.500. The minimum Gasteiger partial charge on any atom is -0.465 e. The van der Waals surface area contributed by atoms with E-state index >= 15 is 0 Å². The van der Waals surface area contributed by atoms with Crippen LogP contribution < -0.4 is 0 Å². The molecular formula is C8H10F2N2O3. The number of aryl methyl sites for hydroxylation is 1. The number of hydrogen-bond acceptors (Lipinski definition) is 4. The van der Waals surface area contributed by atoms with Crippen molar-refractivity contribution in [2.75, 3.05) is 7.11 Å². The highest BCUT2D eigenvalue weighted by Gasteiger charge is 2.28. The average molecular weight is 220 g/mol. The van der Waals surface area contributed by atoms with Crippen molar-refractivity contribution in [3.8, 4) is 0 Å². The van der Waals surface area contributed by atoms with Gasteiger partial charge in [-0.2, -0.15) is 5.10 Å². The molecule has 0 aromatic carbocycles. The number of alkyl halides is 2. The molecule has 0 aliphatic rings. The van der Waals surface area contributed by atoms with E-state index in [2.05, 4.69) is 9.84 Å². The number of methoxy groups -OCH3 is 1. The molecule has 1 unspecified atom stereocenters. The Kier molecular flexibility index (Phi) is 3.35. The first-order chi connectivity index (χ1) is 6.99. The van der Waals surface area contributed by atoms with Gasteiger partial charge in [-0.15, -0.1) is 0 Å². The zero-order chi connectivity index (χ0) is 11.6. The Balaban J connectivity index is 3.15. The zero-order valence-electron chi connectivity index (χ0n) is 8.15. The van der Waals surface area contributed by atoms with Gasteiger partial charge in [0.2, 0.25) is 0 Å². The van der Waals surface area contributed by atoms with E-state index in [0.717, 1.165) is 18.0 Å². The SMILES string of the molecule is COC(=O)c1cnn(C)c1C(O)C(F)F. The third kappa shape index (κ3) is 2.12. The number of ether oxygens (including phenoxy) is 1. The summed E-state index contributed by atoms with van der Waals surface area (Å²) in [5.74, 6) is -0.808. The van der Waals surface area contributed by atoms with Crippen LogP contribution in [0, 0.1) is 0 Å². The first-order valence-electron chi connectivity index (χ1n) is 4.05. The Morgan fingerprint density at radius 1 is 1.67 bits per heavy atom. The minimum atomic E-state index is -2.98. The Bertz CT molecular complexity index is 365. The van der Waals surface area contributed by atoms with Crippen LogP contribution in [0.15, 0.2) is 6.20 Å². The number of esters is 1. The molecule has 1 aromatic rings. The van der Waals surface area contributed by atoms with Gasteiger partial charge in [-0.25, -0.2) is 13.6 Å². The van der Waals surface area contributed by atoms with Crippen molar-refractivity contribution in [2.45, 2.75) is 12.5 Å². The predicted octanol–water partition coefficient (Wildman–Crippen LogP) is 0.505. The zero-order valence-corrected chi connectivity index (χ0v) is 8.15. The molecule has 1 heterocycles. The van der Waals surface area contributed by atoms with Gasteiger partial charge in [-0.05, 0) is 0 Å². The van der Waals surface area contributed by atoms with Crippen LogP contribution in [0.2, 0.25) is 0 Å². The molecule has 1 N–H and O–H groups in total. The van der Waals surface area contributed by atoms with Crippen molar-refractivity contribution in [1.82, 2.24) is 9.78 Å². The van der Waals surface area contributed by atoms with Crippen LogP contribution in [0.3, 0.4) is 0 Å². The molecule has 0 saturated carbocycles. The van der Waals surface area contributed by atoms with Gasteiger partial charge >= 0.3 is 5.97 Å². The number of rotatable bonds is 3. The van der Waals surface area contributed by atoms with E-state index in [1.54, 1.807) is 0 Å². The third-order valence-electron chi connectivity index (χ3n) is 1.91. The van der Waals surface area contributed by atoms with Crippen molar-refractivity contribution in [3.63, 3.8) is 0 Å². The quantitative estimate of drug-likeness (QED) is 0.753. The molecule has 15 heavy (non-hydrogen) atoms. The summed E-state index contributed by atoms with van der Waals surface area (Å²) in [6, 6.07) is 0. The first-order valence-corrected chi connectivity index (χ1v) is 4.05. The van der Waals surface area contributed by atoms with E-state index < -0.39 is 18.5 Å². The Labute approximate surface area is 84.3 Å². The summed E-state index contributed by atoms with van der Waals surface area (Å²) < 4.78 is 29.9.